The lowest BCUT2D eigenvalue weighted by molar-refractivity contribution is 0.0932. The van der Waals surface area contributed by atoms with Gasteiger partial charge in [-0.3, -0.25) is 9.48 Å². The lowest BCUT2D eigenvalue weighted by Gasteiger charge is -2.23. The van der Waals surface area contributed by atoms with E-state index < -0.39 is 20.5 Å². The molecule has 1 N–H and O–H groups in total. The van der Waals surface area contributed by atoms with E-state index in [9.17, 15) is 22.0 Å². The van der Waals surface area contributed by atoms with Crippen LogP contribution in [0, 0.1) is 0 Å². The second-order valence-corrected chi connectivity index (χ2v) is 7.84. The molecule has 0 spiro atoms. The van der Waals surface area contributed by atoms with E-state index in [1.165, 1.54) is 12.1 Å². The molecular formula is C16H17F2N3O3S. The number of carbonyl (C=O) groups is 1. The third-order valence-corrected chi connectivity index (χ3v) is 5.76. The smallest absolute Gasteiger partial charge is 0.341 e. The Labute approximate surface area is 143 Å². The number of aryl methyl sites for hydroxylation is 1. The number of aromatic nitrogens is 2. The molecule has 1 unspecified atom stereocenters. The van der Waals surface area contributed by atoms with Gasteiger partial charge in [0.2, 0.25) is 9.84 Å². The van der Waals surface area contributed by atoms with Gasteiger partial charge in [0.25, 0.3) is 5.91 Å². The molecule has 0 fully saturated rings. The molecule has 25 heavy (non-hydrogen) atoms. The van der Waals surface area contributed by atoms with Gasteiger partial charge in [-0.2, -0.15) is 13.9 Å². The summed E-state index contributed by atoms with van der Waals surface area (Å²) in [5.41, 5.74) is 2.26. The number of carbonyl (C=O) groups excluding carboxylic acids is 1. The van der Waals surface area contributed by atoms with Crippen molar-refractivity contribution in [3.63, 3.8) is 0 Å². The minimum atomic E-state index is -4.66. The van der Waals surface area contributed by atoms with Gasteiger partial charge in [-0.1, -0.05) is 0 Å². The van der Waals surface area contributed by atoms with Crippen LogP contribution in [0.3, 0.4) is 0 Å². The van der Waals surface area contributed by atoms with Gasteiger partial charge < -0.3 is 5.32 Å². The van der Waals surface area contributed by atoms with Crippen molar-refractivity contribution in [2.45, 2.75) is 36.0 Å². The Morgan fingerprint density at radius 3 is 2.64 bits per heavy atom. The van der Waals surface area contributed by atoms with Crippen molar-refractivity contribution in [2.75, 3.05) is 0 Å². The Kier molecular flexibility index (Phi) is 4.59. The van der Waals surface area contributed by atoms with Crippen molar-refractivity contribution in [3.8, 4) is 0 Å². The number of benzene rings is 1. The maximum atomic E-state index is 12.5. The zero-order chi connectivity index (χ0) is 18.2. The number of nitrogens with zero attached hydrogens (tertiary/aromatic N) is 2. The van der Waals surface area contributed by atoms with E-state index in [0.29, 0.717) is 0 Å². The molecule has 1 aromatic carbocycles. The fraction of sp³-hybridized carbons (Fsp3) is 0.375. The predicted molar refractivity (Wildman–Crippen MR) is 86.0 cm³/mol. The van der Waals surface area contributed by atoms with E-state index in [1.54, 1.807) is 10.9 Å². The minimum Gasteiger partial charge on any atom is -0.345 e. The maximum Gasteiger partial charge on any atom is 0.341 e. The van der Waals surface area contributed by atoms with Gasteiger partial charge >= 0.3 is 5.76 Å². The number of halogens is 2. The van der Waals surface area contributed by atoms with Crippen LogP contribution in [0.25, 0.3) is 0 Å². The summed E-state index contributed by atoms with van der Waals surface area (Å²) >= 11 is 0. The first-order valence-corrected chi connectivity index (χ1v) is 9.29. The number of fused-ring (bicyclic) bond motifs is 1. The molecule has 9 heteroatoms. The lowest BCUT2D eigenvalue weighted by atomic mass is 9.93. The molecule has 3 rings (SSSR count). The van der Waals surface area contributed by atoms with Crippen molar-refractivity contribution in [1.82, 2.24) is 15.1 Å². The van der Waals surface area contributed by atoms with E-state index in [2.05, 4.69) is 10.4 Å². The number of hydrogen-bond acceptors (Lipinski definition) is 4. The molecule has 0 saturated carbocycles. The molecule has 1 atom stereocenters. The van der Waals surface area contributed by atoms with Crippen LogP contribution in [0.15, 0.2) is 35.4 Å². The van der Waals surface area contributed by atoms with Gasteiger partial charge in [-0.15, -0.1) is 0 Å². The Morgan fingerprint density at radius 2 is 2.00 bits per heavy atom. The first kappa shape index (κ1) is 17.5. The Morgan fingerprint density at radius 1 is 1.32 bits per heavy atom. The standard InChI is InChI=1S/C16H17F2N3O3S/c1-21-14-4-2-3-13(12(14)9-19-21)20-15(22)10-5-7-11(8-6-10)25(23,24)16(17)18/h5-9,13,16H,2-4H2,1H3,(H,20,22). The van der Waals surface area contributed by atoms with E-state index >= 15 is 0 Å². The second kappa shape index (κ2) is 6.55. The molecule has 1 aromatic heterocycles. The van der Waals surface area contributed by atoms with Crippen LogP contribution in [0.4, 0.5) is 8.78 Å². The van der Waals surface area contributed by atoms with Crippen LogP contribution in [0.2, 0.25) is 0 Å². The fourth-order valence-corrected chi connectivity index (χ4v) is 3.72. The van der Waals surface area contributed by atoms with Gasteiger partial charge in [0.05, 0.1) is 17.1 Å². The van der Waals surface area contributed by atoms with Gasteiger partial charge in [0.15, 0.2) is 0 Å². The third kappa shape index (κ3) is 3.28. The Hall–Kier alpha value is -2.29. The molecule has 0 radical (unpaired) electrons. The first-order chi connectivity index (χ1) is 11.8. The van der Waals surface area contributed by atoms with Crippen molar-refractivity contribution < 1.29 is 22.0 Å². The van der Waals surface area contributed by atoms with Crippen molar-refractivity contribution in [2.24, 2.45) is 7.05 Å². The van der Waals surface area contributed by atoms with Gasteiger partial charge in [0, 0.05) is 23.9 Å². The number of nitrogens with one attached hydrogen (secondary N) is 1. The number of sulfone groups is 1. The normalized spacial score (nSPS) is 17.4. The van der Waals surface area contributed by atoms with Crippen molar-refractivity contribution >= 4 is 15.7 Å². The second-order valence-electron chi connectivity index (χ2n) is 5.92. The molecule has 134 valence electrons. The number of amides is 1. The number of rotatable bonds is 4. The van der Waals surface area contributed by atoms with Crippen LogP contribution in [-0.4, -0.2) is 29.9 Å². The third-order valence-electron chi connectivity index (χ3n) is 4.36. The zero-order valence-corrected chi connectivity index (χ0v) is 14.3. The monoisotopic (exact) mass is 369 g/mol. The number of alkyl halides is 2. The highest BCUT2D eigenvalue weighted by molar-refractivity contribution is 7.91. The summed E-state index contributed by atoms with van der Waals surface area (Å²) in [4.78, 5) is 11.9. The first-order valence-electron chi connectivity index (χ1n) is 7.74. The summed E-state index contributed by atoms with van der Waals surface area (Å²) in [5, 5.41) is 7.11. The molecule has 6 nitrogen and oxygen atoms in total. The maximum absolute atomic E-state index is 12.5. The minimum absolute atomic E-state index is 0.172. The summed E-state index contributed by atoms with van der Waals surface area (Å²) < 4.78 is 49.7. The summed E-state index contributed by atoms with van der Waals surface area (Å²) in [7, 11) is -2.81. The Bertz CT molecular complexity index is 892. The summed E-state index contributed by atoms with van der Waals surface area (Å²) in [5.74, 6) is -3.87. The van der Waals surface area contributed by atoms with E-state index in [0.717, 1.165) is 42.7 Å². The highest BCUT2D eigenvalue weighted by Crippen LogP contribution is 2.29. The highest BCUT2D eigenvalue weighted by atomic mass is 32.2. The van der Waals surface area contributed by atoms with Crippen LogP contribution in [-0.2, 0) is 23.3 Å². The SMILES string of the molecule is Cn1ncc2c1CCCC2NC(=O)c1ccc(S(=O)(=O)C(F)F)cc1. The summed E-state index contributed by atoms with van der Waals surface area (Å²) in [6, 6.07) is 4.34. The molecule has 2 aromatic rings. The van der Waals surface area contributed by atoms with Gasteiger partial charge in [-0.05, 0) is 43.5 Å². The molecule has 1 aliphatic carbocycles. The van der Waals surface area contributed by atoms with E-state index in [1.807, 2.05) is 7.05 Å². The molecule has 0 aliphatic heterocycles. The molecule has 1 aliphatic rings. The Balaban J connectivity index is 1.77. The molecule has 1 heterocycles. The van der Waals surface area contributed by atoms with E-state index in [4.69, 9.17) is 0 Å². The fourth-order valence-electron chi connectivity index (χ4n) is 3.00. The van der Waals surface area contributed by atoms with Gasteiger partial charge in [0.1, 0.15) is 0 Å². The molecule has 1 amide bonds. The lowest BCUT2D eigenvalue weighted by Crippen LogP contribution is -2.31. The summed E-state index contributed by atoms with van der Waals surface area (Å²) in [6.07, 6.45) is 4.33. The summed E-state index contributed by atoms with van der Waals surface area (Å²) in [6.45, 7) is 0. The van der Waals surface area contributed by atoms with E-state index in [-0.39, 0.29) is 17.5 Å². The largest absolute Gasteiger partial charge is 0.345 e. The van der Waals surface area contributed by atoms with Crippen molar-refractivity contribution in [1.29, 1.82) is 0 Å². The molecule has 0 saturated heterocycles. The van der Waals surface area contributed by atoms with Crippen molar-refractivity contribution in [3.05, 3.63) is 47.3 Å². The number of hydrogen-bond donors (Lipinski definition) is 1. The van der Waals surface area contributed by atoms with Crippen LogP contribution in [0.5, 0.6) is 0 Å². The van der Waals surface area contributed by atoms with Crippen LogP contribution < -0.4 is 5.32 Å². The van der Waals surface area contributed by atoms with Crippen LogP contribution >= 0.6 is 0 Å². The molecule has 0 bridgehead atoms. The highest BCUT2D eigenvalue weighted by Gasteiger charge is 2.27. The average molecular weight is 369 g/mol. The average Bonchev–Trinajstić information content (AvgIpc) is 2.97. The quantitative estimate of drug-likeness (QED) is 0.896. The predicted octanol–water partition coefficient (Wildman–Crippen LogP) is 2.22. The van der Waals surface area contributed by atoms with Gasteiger partial charge in [-0.25, -0.2) is 8.42 Å². The molecular weight excluding hydrogens is 352 g/mol. The van der Waals surface area contributed by atoms with Crippen LogP contribution in [0.1, 0.15) is 40.5 Å². The topological polar surface area (TPSA) is 81.1 Å². The zero-order valence-electron chi connectivity index (χ0n) is 13.4.